The molecule has 1 atom stereocenters. The topological polar surface area (TPSA) is 24.5 Å². The summed E-state index contributed by atoms with van der Waals surface area (Å²) in [5.74, 6) is 0.924. The quantitative estimate of drug-likeness (QED) is 0.843. The molecule has 0 aromatic carbocycles. The van der Waals surface area contributed by atoms with Crippen LogP contribution in [0.5, 0.6) is 0 Å². The van der Waals surface area contributed by atoms with Gasteiger partial charge in [-0.25, -0.2) is 0 Å². The van der Waals surface area contributed by atoms with E-state index >= 15 is 0 Å². The van der Waals surface area contributed by atoms with Crippen molar-refractivity contribution in [1.29, 1.82) is 0 Å². The van der Waals surface area contributed by atoms with Crippen molar-refractivity contribution in [3.05, 3.63) is 0 Å². The van der Waals surface area contributed by atoms with Gasteiger partial charge in [-0.1, -0.05) is 12.8 Å². The fraction of sp³-hybridized carbons (Fsp3) is 1.00. The summed E-state index contributed by atoms with van der Waals surface area (Å²) in [5.41, 5.74) is 0.317. The van der Waals surface area contributed by atoms with E-state index in [-0.39, 0.29) is 0 Å². The van der Waals surface area contributed by atoms with Crippen LogP contribution in [0.25, 0.3) is 0 Å². The molecular weight excluding hydrogens is 260 g/mol. The summed E-state index contributed by atoms with van der Waals surface area (Å²) < 4.78 is 6.47. The van der Waals surface area contributed by atoms with Crippen LogP contribution in [0.4, 0.5) is 0 Å². The smallest absolute Gasteiger partial charge is 0.0710 e. The van der Waals surface area contributed by atoms with Gasteiger partial charge in [0, 0.05) is 12.6 Å². The molecule has 3 nitrogen and oxygen atoms in total. The first-order valence-electron chi connectivity index (χ1n) is 9.45. The number of rotatable bonds is 5. The van der Waals surface area contributed by atoms with Crippen LogP contribution in [-0.4, -0.2) is 48.8 Å². The zero-order chi connectivity index (χ0) is 14.1. The molecule has 1 N–H and O–H groups in total. The van der Waals surface area contributed by atoms with Gasteiger partial charge in [-0.15, -0.1) is 0 Å². The molecular formula is C18H32N2O. The Morgan fingerprint density at radius 2 is 1.71 bits per heavy atom. The highest BCUT2D eigenvalue weighted by Gasteiger charge is 2.42. The lowest BCUT2D eigenvalue weighted by molar-refractivity contribution is -0.0498. The second-order valence-corrected chi connectivity index (χ2v) is 8.10. The predicted octanol–water partition coefficient (Wildman–Crippen LogP) is 2.94. The Morgan fingerprint density at radius 3 is 2.43 bits per heavy atom. The van der Waals surface area contributed by atoms with E-state index in [0.717, 1.165) is 12.0 Å². The summed E-state index contributed by atoms with van der Waals surface area (Å²) in [4.78, 5) is 2.67. The molecule has 1 unspecified atom stereocenters. The van der Waals surface area contributed by atoms with Gasteiger partial charge in [0.2, 0.25) is 0 Å². The van der Waals surface area contributed by atoms with Crippen LogP contribution < -0.4 is 5.32 Å². The number of nitrogens with zero attached hydrogens (tertiary/aromatic N) is 1. The molecule has 0 amide bonds. The lowest BCUT2D eigenvalue weighted by Gasteiger charge is -2.34. The average Bonchev–Trinajstić information content (AvgIpc) is 3.10. The molecule has 3 heteroatoms. The summed E-state index contributed by atoms with van der Waals surface area (Å²) in [6, 6.07) is 0.873. The van der Waals surface area contributed by atoms with Crippen molar-refractivity contribution in [2.45, 2.75) is 82.0 Å². The lowest BCUT2D eigenvalue weighted by atomic mass is 9.96. The minimum atomic E-state index is 0.317. The zero-order valence-corrected chi connectivity index (χ0v) is 13.5. The molecule has 4 fully saturated rings. The highest BCUT2D eigenvalue weighted by molar-refractivity contribution is 4.93. The lowest BCUT2D eigenvalue weighted by Crippen LogP contribution is -2.41. The molecule has 2 heterocycles. The summed E-state index contributed by atoms with van der Waals surface area (Å²) >= 11 is 0. The van der Waals surface area contributed by atoms with Crippen LogP contribution in [0.3, 0.4) is 0 Å². The van der Waals surface area contributed by atoms with Gasteiger partial charge < -0.3 is 15.0 Å². The summed E-state index contributed by atoms with van der Waals surface area (Å²) in [6.45, 7) is 5.06. The molecule has 21 heavy (non-hydrogen) atoms. The van der Waals surface area contributed by atoms with Crippen LogP contribution in [-0.2, 0) is 4.74 Å². The third-order valence-electron chi connectivity index (χ3n) is 6.29. The fourth-order valence-electron chi connectivity index (χ4n) is 4.69. The van der Waals surface area contributed by atoms with E-state index in [9.17, 15) is 0 Å². The first-order valence-corrected chi connectivity index (χ1v) is 9.45. The predicted molar refractivity (Wildman–Crippen MR) is 85.5 cm³/mol. The van der Waals surface area contributed by atoms with E-state index in [0.29, 0.717) is 11.7 Å². The number of hydrogen-bond acceptors (Lipinski definition) is 3. The zero-order valence-electron chi connectivity index (χ0n) is 13.5. The standard InChI is InChI=1S/C18H32N2O/c1-2-9-18(8-1)10-5-17(21-18)14-20-11-6-15(7-12-20)13-19-16-3-4-16/h15-17,19H,1-14H2. The molecule has 0 aromatic heterocycles. The van der Waals surface area contributed by atoms with Gasteiger partial charge in [0.15, 0.2) is 0 Å². The minimum absolute atomic E-state index is 0.317. The third kappa shape index (κ3) is 3.62. The SMILES string of the molecule is C1CCC2(C1)CCC(CN1CCC(CNC3CC3)CC1)O2. The molecule has 2 saturated carbocycles. The van der Waals surface area contributed by atoms with Gasteiger partial charge in [0.05, 0.1) is 11.7 Å². The fourth-order valence-corrected chi connectivity index (χ4v) is 4.69. The van der Waals surface area contributed by atoms with Crippen LogP contribution in [0, 0.1) is 5.92 Å². The Balaban J connectivity index is 1.17. The van der Waals surface area contributed by atoms with Crippen molar-refractivity contribution in [1.82, 2.24) is 10.2 Å². The number of likely N-dealkylation sites (tertiary alicyclic amines) is 1. The van der Waals surface area contributed by atoms with E-state index in [1.807, 2.05) is 0 Å². The number of piperidine rings is 1. The van der Waals surface area contributed by atoms with E-state index in [4.69, 9.17) is 4.74 Å². The minimum Gasteiger partial charge on any atom is -0.370 e. The first kappa shape index (κ1) is 14.5. The van der Waals surface area contributed by atoms with Crippen molar-refractivity contribution in [3.63, 3.8) is 0 Å². The van der Waals surface area contributed by atoms with Crippen LogP contribution >= 0.6 is 0 Å². The average molecular weight is 292 g/mol. The van der Waals surface area contributed by atoms with E-state index < -0.39 is 0 Å². The van der Waals surface area contributed by atoms with E-state index in [1.54, 1.807) is 0 Å². The molecule has 2 saturated heterocycles. The highest BCUT2D eigenvalue weighted by atomic mass is 16.5. The van der Waals surface area contributed by atoms with Gasteiger partial charge in [0.25, 0.3) is 0 Å². The number of nitrogens with one attached hydrogen (secondary N) is 1. The van der Waals surface area contributed by atoms with Crippen molar-refractivity contribution >= 4 is 0 Å². The van der Waals surface area contributed by atoms with Crippen LogP contribution in [0.15, 0.2) is 0 Å². The maximum Gasteiger partial charge on any atom is 0.0710 e. The van der Waals surface area contributed by atoms with Crippen molar-refractivity contribution in [2.75, 3.05) is 26.2 Å². The summed E-state index contributed by atoms with van der Waals surface area (Å²) in [6.07, 6.45) is 14.2. The van der Waals surface area contributed by atoms with Gasteiger partial charge in [0.1, 0.15) is 0 Å². The Kier molecular flexibility index (Phi) is 4.25. The normalized spacial score (nSPS) is 34.0. The Morgan fingerprint density at radius 1 is 0.952 bits per heavy atom. The maximum absolute atomic E-state index is 6.47. The Hall–Kier alpha value is -0.120. The summed E-state index contributed by atoms with van der Waals surface area (Å²) in [5, 5.41) is 3.70. The third-order valence-corrected chi connectivity index (χ3v) is 6.29. The van der Waals surface area contributed by atoms with Crippen molar-refractivity contribution in [3.8, 4) is 0 Å². The summed E-state index contributed by atoms with van der Waals surface area (Å²) in [7, 11) is 0. The van der Waals surface area contributed by atoms with Gasteiger partial charge >= 0.3 is 0 Å². The molecule has 0 bridgehead atoms. The Bertz CT molecular complexity index is 341. The van der Waals surface area contributed by atoms with Gasteiger partial charge in [-0.2, -0.15) is 0 Å². The largest absolute Gasteiger partial charge is 0.370 e. The van der Waals surface area contributed by atoms with E-state index in [2.05, 4.69) is 10.2 Å². The monoisotopic (exact) mass is 292 g/mol. The molecule has 1 spiro atoms. The molecule has 0 aromatic rings. The molecule has 2 aliphatic heterocycles. The molecule has 120 valence electrons. The van der Waals surface area contributed by atoms with E-state index in [1.165, 1.54) is 90.4 Å². The number of hydrogen-bond donors (Lipinski definition) is 1. The highest BCUT2D eigenvalue weighted by Crippen LogP contribution is 2.43. The Labute approximate surface area is 129 Å². The maximum atomic E-state index is 6.47. The second kappa shape index (κ2) is 6.17. The van der Waals surface area contributed by atoms with Crippen LogP contribution in [0.2, 0.25) is 0 Å². The van der Waals surface area contributed by atoms with Crippen molar-refractivity contribution in [2.24, 2.45) is 5.92 Å². The van der Waals surface area contributed by atoms with Gasteiger partial charge in [-0.05, 0) is 76.9 Å². The molecule has 2 aliphatic carbocycles. The van der Waals surface area contributed by atoms with Crippen LogP contribution in [0.1, 0.15) is 64.2 Å². The number of ether oxygens (including phenoxy) is 1. The van der Waals surface area contributed by atoms with Gasteiger partial charge in [-0.3, -0.25) is 0 Å². The van der Waals surface area contributed by atoms with Crippen molar-refractivity contribution < 1.29 is 4.74 Å². The first-order chi connectivity index (χ1) is 10.3. The second-order valence-electron chi connectivity index (χ2n) is 8.10. The molecule has 4 rings (SSSR count). The molecule has 4 aliphatic rings. The molecule has 0 radical (unpaired) electrons.